The molecule has 26 heavy (non-hydrogen) atoms. The Hall–Kier alpha value is -3.02. The van der Waals surface area contributed by atoms with E-state index in [-0.39, 0.29) is 23.3 Å². The Balaban J connectivity index is 1.74. The van der Waals surface area contributed by atoms with Crippen LogP contribution in [0.1, 0.15) is 46.4 Å². The Morgan fingerprint density at radius 1 is 1.08 bits per heavy atom. The summed E-state index contributed by atoms with van der Waals surface area (Å²) in [4.78, 5) is 23.6. The van der Waals surface area contributed by atoms with Gasteiger partial charge in [-0.15, -0.1) is 0 Å². The third-order valence-corrected chi connectivity index (χ3v) is 4.40. The summed E-state index contributed by atoms with van der Waals surface area (Å²) in [6.07, 6.45) is 4.66. The number of carboxylic acid groups (broad SMARTS) is 1. The summed E-state index contributed by atoms with van der Waals surface area (Å²) in [7, 11) is 1.42. The van der Waals surface area contributed by atoms with Gasteiger partial charge in [-0.05, 0) is 62.1 Å². The molecule has 0 heterocycles. The number of aromatic carboxylic acids is 1. The van der Waals surface area contributed by atoms with E-state index in [1.807, 2.05) is 6.07 Å². The Morgan fingerprint density at radius 2 is 1.85 bits per heavy atom. The van der Waals surface area contributed by atoms with E-state index in [0.717, 1.165) is 12.8 Å². The van der Waals surface area contributed by atoms with Crippen LogP contribution in [0.25, 0.3) is 0 Å². The van der Waals surface area contributed by atoms with Crippen molar-refractivity contribution in [3.05, 3.63) is 53.6 Å². The molecule has 0 unspecified atom stereocenters. The highest BCUT2D eigenvalue weighted by atomic mass is 16.5. The molecule has 136 valence electrons. The lowest BCUT2D eigenvalue weighted by molar-refractivity contribution is 0.0696. The van der Waals surface area contributed by atoms with Crippen LogP contribution < -0.4 is 14.8 Å². The van der Waals surface area contributed by atoms with Gasteiger partial charge in [-0.1, -0.05) is 6.07 Å². The molecule has 1 amide bonds. The zero-order chi connectivity index (χ0) is 18.5. The van der Waals surface area contributed by atoms with E-state index in [2.05, 4.69) is 5.32 Å². The van der Waals surface area contributed by atoms with Crippen molar-refractivity contribution in [2.24, 2.45) is 0 Å². The molecular weight excluding hydrogens is 334 g/mol. The van der Waals surface area contributed by atoms with Crippen molar-refractivity contribution in [3.8, 4) is 11.5 Å². The molecule has 0 atom stereocenters. The number of anilines is 1. The minimum absolute atomic E-state index is 0.0896. The number of amides is 1. The lowest BCUT2D eigenvalue weighted by atomic mass is 10.1. The molecule has 2 aromatic carbocycles. The van der Waals surface area contributed by atoms with E-state index in [1.54, 1.807) is 18.2 Å². The quantitative estimate of drug-likeness (QED) is 0.819. The summed E-state index contributed by atoms with van der Waals surface area (Å²) in [6, 6.07) is 11.3. The molecule has 0 spiro atoms. The van der Waals surface area contributed by atoms with Crippen LogP contribution in [0, 0.1) is 0 Å². The zero-order valence-electron chi connectivity index (χ0n) is 14.5. The number of nitrogens with one attached hydrogen (secondary N) is 1. The maximum Gasteiger partial charge on any atom is 0.335 e. The molecule has 3 rings (SSSR count). The van der Waals surface area contributed by atoms with Crippen LogP contribution >= 0.6 is 0 Å². The predicted octanol–water partition coefficient (Wildman–Crippen LogP) is 3.97. The molecule has 0 aliphatic heterocycles. The van der Waals surface area contributed by atoms with Crippen molar-refractivity contribution < 1.29 is 24.2 Å². The van der Waals surface area contributed by atoms with Crippen LogP contribution in [0.5, 0.6) is 11.5 Å². The lowest BCUT2D eigenvalue weighted by Crippen LogP contribution is -2.14. The Labute approximate surface area is 151 Å². The van der Waals surface area contributed by atoms with Gasteiger partial charge in [0.05, 0.1) is 24.5 Å². The van der Waals surface area contributed by atoms with Crippen molar-refractivity contribution in [1.82, 2.24) is 0 Å². The number of rotatable bonds is 6. The molecule has 0 bridgehead atoms. The molecule has 1 fully saturated rings. The van der Waals surface area contributed by atoms with Crippen molar-refractivity contribution in [2.45, 2.75) is 31.8 Å². The number of hydrogen-bond acceptors (Lipinski definition) is 4. The number of carbonyl (C=O) groups is 2. The van der Waals surface area contributed by atoms with Crippen LogP contribution in [-0.2, 0) is 0 Å². The maximum absolute atomic E-state index is 12.6. The molecule has 0 aromatic heterocycles. The molecular formula is C20H21NO5. The first-order chi connectivity index (χ1) is 12.6. The average molecular weight is 355 g/mol. The molecule has 0 saturated heterocycles. The second-order valence-electron chi connectivity index (χ2n) is 6.23. The molecule has 1 saturated carbocycles. The Bertz CT molecular complexity index is 812. The fraction of sp³-hybridized carbons (Fsp3) is 0.300. The third kappa shape index (κ3) is 4.14. The molecule has 1 aliphatic rings. The number of ether oxygens (including phenoxy) is 2. The number of carbonyl (C=O) groups excluding carboxylic acids is 1. The first kappa shape index (κ1) is 17.8. The molecule has 1 aliphatic carbocycles. The Kier molecular flexibility index (Phi) is 5.41. The van der Waals surface area contributed by atoms with E-state index >= 15 is 0 Å². The summed E-state index contributed by atoms with van der Waals surface area (Å²) >= 11 is 0. The molecule has 6 heteroatoms. The van der Waals surface area contributed by atoms with Gasteiger partial charge in [-0.25, -0.2) is 4.79 Å². The maximum atomic E-state index is 12.6. The highest BCUT2D eigenvalue weighted by Gasteiger charge is 2.17. The molecule has 2 aromatic rings. The SMILES string of the molecule is COc1cc(C(=O)O)ccc1NC(=O)c1cccc(OC2CCCC2)c1. The van der Waals surface area contributed by atoms with E-state index in [1.165, 1.54) is 38.2 Å². The van der Waals surface area contributed by atoms with Crippen molar-refractivity contribution in [3.63, 3.8) is 0 Å². The summed E-state index contributed by atoms with van der Waals surface area (Å²) in [5.74, 6) is -0.407. The van der Waals surface area contributed by atoms with Gasteiger partial charge in [0.2, 0.25) is 0 Å². The number of hydrogen-bond donors (Lipinski definition) is 2. The van der Waals surface area contributed by atoms with E-state index in [9.17, 15) is 9.59 Å². The van der Waals surface area contributed by atoms with Gasteiger partial charge in [-0.2, -0.15) is 0 Å². The topological polar surface area (TPSA) is 84.9 Å². The molecule has 0 radical (unpaired) electrons. The Morgan fingerprint density at radius 3 is 2.54 bits per heavy atom. The first-order valence-electron chi connectivity index (χ1n) is 8.56. The van der Waals surface area contributed by atoms with Gasteiger partial charge in [-0.3, -0.25) is 4.79 Å². The standard InChI is InChI=1S/C20H21NO5/c1-25-18-12-14(20(23)24)9-10-17(18)21-19(22)13-5-4-8-16(11-13)26-15-6-2-3-7-15/h4-5,8-12,15H,2-3,6-7H2,1H3,(H,21,22)(H,23,24). The third-order valence-electron chi connectivity index (χ3n) is 4.40. The minimum Gasteiger partial charge on any atom is -0.495 e. The lowest BCUT2D eigenvalue weighted by Gasteiger charge is -2.14. The van der Waals surface area contributed by atoms with Gasteiger partial charge >= 0.3 is 5.97 Å². The number of benzene rings is 2. The predicted molar refractivity (Wildman–Crippen MR) is 97.2 cm³/mol. The largest absolute Gasteiger partial charge is 0.495 e. The van der Waals surface area contributed by atoms with Crippen LogP contribution in [0.2, 0.25) is 0 Å². The van der Waals surface area contributed by atoms with Crippen molar-refractivity contribution in [2.75, 3.05) is 12.4 Å². The van der Waals surface area contributed by atoms with E-state index in [4.69, 9.17) is 14.6 Å². The van der Waals surface area contributed by atoms with Gasteiger partial charge in [0, 0.05) is 5.56 Å². The normalized spacial score (nSPS) is 14.0. The number of methoxy groups -OCH3 is 1. The highest BCUT2D eigenvalue weighted by Crippen LogP contribution is 2.27. The monoisotopic (exact) mass is 355 g/mol. The highest BCUT2D eigenvalue weighted by molar-refractivity contribution is 6.05. The smallest absolute Gasteiger partial charge is 0.335 e. The summed E-state index contributed by atoms with van der Waals surface area (Å²) in [5.41, 5.74) is 0.960. The minimum atomic E-state index is -1.06. The molecule has 6 nitrogen and oxygen atoms in total. The van der Waals surface area contributed by atoms with Crippen LogP contribution in [-0.4, -0.2) is 30.2 Å². The van der Waals surface area contributed by atoms with Crippen LogP contribution in [0.15, 0.2) is 42.5 Å². The van der Waals surface area contributed by atoms with Gasteiger partial charge < -0.3 is 19.9 Å². The fourth-order valence-electron chi connectivity index (χ4n) is 3.03. The van der Waals surface area contributed by atoms with Crippen LogP contribution in [0.3, 0.4) is 0 Å². The molecule has 2 N–H and O–H groups in total. The van der Waals surface area contributed by atoms with Crippen molar-refractivity contribution in [1.29, 1.82) is 0 Å². The second kappa shape index (κ2) is 7.91. The summed E-state index contributed by atoms with van der Waals surface area (Å²) < 4.78 is 11.1. The van der Waals surface area contributed by atoms with Gasteiger partial charge in [0.25, 0.3) is 5.91 Å². The second-order valence-corrected chi connectivity index (χ2v) is 6.23. The van der Waals surface area contributed by atoms with Crippen LogP contribution in [0.4, 0.5) is 5.69 Å². The van der Waals surface area contributed by atoms with Gasteiger partial charge in [0.15, 0.2) is 0 Å². The zero-order valence-corrected chi connectivity index (χ0v) is 14.5. The fourth-order valence-corrected chi connectivity index (χ4v) is 3.03. The van der Waals surface area contributed by atoms with Crippen molar-refractivity contribution >= 4 is 17.6 Å². The van der Waals surface area contributed by atoms with E-state index in [0.29, 0.717) is 17.0 Å². The number of carboxylic acids is 1. The van der Waals surface area contributed by atoms with E-state index < -0.39 is 5.97 Å². The summed E-state index contributed by atoms with van der Waals surface area (Å²) in [5, 5.41) is 11.8. The summed E-state index contributed by atoms with van der Waals surface area (Å²) in [6.45, 7) is 0. The first-order valence-corrected chi connectivity index (χ1v) is 8.56. The van der Waals surface area contributed by atoms with Gasteiger partial charge in [0.1, 0.15) is 11.5 Å². The average Bonchev–Trinajstić information content (AvgIpc) is 3.15.